The number of hydrogen-bond acceptors (Lipinski definition) is 5. The van der Waals surface area contributed by atoms with Crippen LogP contribution < -0.4 is 10.6 Å². The lowest BCUT2D eigenvalue weighted by molar-refractivity contribution is 0.0831. The van der Waals surface area contributed by atoms with Gasteiger partial charge in [0.05, 0.1) is 17.7 Å². The number of aryl methyl sites for hydroxylation is 2. The maximum Gasteiger partial charge on any atom is 0.253 e. The van der Waals surface area contributed by atoms with Crippen LogP contribution in [0.2, 0.25) is 0 Å². The number of oxazole rings is 1. The van der Waals surface area contributed by atoms with Crippen LogP contribution in [0.5, 0.6) is 0 Å². The molecule has 1 amide bonds. The number of aliphatic hydroxyl groups excluding tert-OH is 1. The lowest BCUT2D eigenvalue weighted by Crippen LogP contribution is -2.48. The molecule has 0 saturated heterocycles. The Morgan fingerprint density at radius 2 is 1.72 bits per heavy atom. The van der Waals surface area contributed by atoms with Gasteiger partial charge in [-0.2, -0.15) is 0 Å². The Hall–Kier alpha value is -3.33. The quantitative estimate of drug-likeness (QED) is 0.213. The number of hydrogen-bond donors (Lipinski definition) is 3. The van der Waals surface area contributed by atoms with Gasteiger partial charge in [-0.25, -0.2) is 13.8 Å². The number of para-hydroxylation sites is 1. The number of rotatable bonds is 12. The van der Waals surface area contributed by atoms with Crippen molar-refractivity contribution in [2.45, 2.75) is 58.2 Å². The molecule has 0 bridgehead atoms. The zero-order chi connectivity index (χ0) is 27.1. The standard InChI is InChI=1S/C30H33F2N3O3.ClH/c1-3-7-28-35-29-24(10-6-11-27(29)38-28)30(37)34-25(15-21-13-22(31)16-23(32)14-21)26(36)18-33-17-20-9-5-8-19(4-2)12-20;/h5-6,8-14,16,25-26,33,36H,3-4,7,15,17-18H2,1-2H3,(H,34,37);1H/t25-,26-;/m0./s1. The Labute approximate surface area is 233 Å². The summed E-state index contributed by atoms with van der Waals surface area (Å²) in [5.74, 6) is -1.34. The van der Waals surface area contributed by atoms with Crippen LogP contribution in [-0.2, 0) is 25.8 Å². The molecule has 0 aliphatic carbocycles. The maximum atomic E-state index is 13.9. The van der Waals surface area contributed by atoms with Gasteiger partial charge in [0.15, 0.2) is 11.5 Å². The third-order valence-electron chi connectivity index (χ3n) is 6.41. The minimum Gasteiger partial charge on any atom is -0.441 e. The van der Waals surface area contributed by atoms with E-state index in [0.717, 1.165) is 24.5 Å². The molecule has 0 aliphatic heterocycles. The van der Waals surface area contributed by atoms with Crippen molar-refractivity contribution in [1.82, 2.24) is 15.6 Å². The van der Waals surface area contributed by atoms with Crippen molar-refractivity contribution in [3.05, 3.63) is 100 Å². The molecule has 9 heteroatoms. The maximum absolute atomic E-state index is 13.9. The van der Waals surface area contributed by atoms with Crippen molar-refractivity contribution >= 4 is 29.4 Å². The van der Waals surface area contributed by atoms with Crippen LogP contribution >= 0.6 is 12.4 Å². The number of aromatic nitrogens is 1. The number of carbonyl (C=O) groups excluding carboxylic acids is 1. The minimum atomic E-state index is -1.04. The highest BCUT2D eigenvalue weighted by Crippen LogP contribution is 2.21. The van der Waals surface area contributed by atoms with Gasteiger partial charge in [0, 0.05) is 25.6 Å². The lowest BCUT2D eigenvalue weighted by atomic mass is 9.99. The molecule has 1 heterocycles. The molecule has 0 radical (unpaired) electrons. The van der Waals surface area contributed by atoms with E-state index >= 15 is 0 Å². The number of nitrogens with one attached hydrogen (secondary N) is 2. The summed E-state index contributed by atoms with van der Waals surface area (Å²) in [7, 11) is 0. The Morgan fingerprint density at radius 1 is 1.00 bits per heavy atom. The van der Waals surface area contributed by atoms with Crippen LogP contribution in [0.4, 0.5) is 8.78 Å². The molecule has 0 saturated carbocycles. The summed E-state index contributed by atoms with van der Waals surface area (Å²) >= 11 is 0. The molecule has 0 unspecified atom stereocenters. The van der Waals surface area contributed by atoms with E-state index in [1.165, 1.54) is 17.7 Å². The average molecular weight is 558 g/mol. The first-order chi connectivity index (χ1) is 18.4. The molecule has 0 fully saturated rings. The van der Waals surface area contributed by atoms with Crippen molar-refractivity contribution in [2.75, 3.05) is 6.54 Å². The number of nitrogens with zero attached hydrogens (tertiary/aromatic N) is 1. The van der Waals surface area contributed by atoms with E-state index in [1.54, 1.807) is 18.2 Å². The molecule has 208 valence electrons. The van der Waals surface area contributed by atoms with Gasteiger partial charge in [-0.15, -0.1) is 12.4 Å². The molecular formula is C30H34ClF2N3O3. The molecule has 2 atom stereocenters. The van der Waals surface area contributed by atoms with Gasteiger partial charge < -0.3 is 20.2 Å². The number of benzene rings is 3. The van der Waals surface area contributed by atoms with E-state index in [0.29, 0.717) is 41.1 Å². The van der Waals surface area contributed by atoms with E-state index < -0.39 is 29.7 Å². The van der Waals surface area contributed by atoms with E-state index in [-0.39, 0.29) is 25.4 Å². The third-order valence-corrected chi connectivity index (χ3v) is 6.41. The Balaban J connectivity index is 0.00000420. The second kappa shape index (κ2) is 14.2. The first kappa shape index (κ1) is 30.2. The molecule has 4 aromatic rings. The second-order valence-corrected chi connectivity index (χ2v) is 9.44. The van der Waals surface area contributed by atoms with E-state index in [1.807, 2.05) is 19.1 Å². The van der Waals surface area contributed by atoms with Crippen LogP contribution in [-0.4, -0.2) is 34.7 Å². The highest BCUT2D eigenvalue weighted by molar-refractivity contribution is 6.04. The summed E-state index contributed by atoms with van der Waals surface area (Å²) < 4.78 is 33.5. The van der Waals surface area contributed by atoms with Crippen LogP contribution in [0.3, 0.4) is 0 Å². The van der Waals surface area contributed by atoms with Crippen molar-refractivity contribution in [2.24, 2.45) is 0 Å². The summed E-state index contributed by atoms with van der Waals surface area (Å²) in [6.45, 7) is 4.79. The molecule has 0 spiro atoms. The van der Waals surface area contributed by atoms with Crippen LogP contribution in [0.15, 0.2) is 65.1 Å². The Kier molecular flexibility index (Phi) is 11.0. The van der Waals surface area contributed by atoms with E-state index in [2.05, 4.69) is 34.7 Å². The highest BCUT2D eigenvalue weighted by Gasteiger charge is 2.25. The molecule has 39 heavy (non-hydrogen) atoms. The summed E-state index contributed by atoms with van der Waals surface area (Å²) in [6.07, 6.45) is 1.42. The van der Waals surface area contributed by atoms with Crippen LogP contribution in [0.25, 0.3) is 11.1 Å². The summed E-state index contributed by atoms with van der Waals surface area (Å²) in [5, 5.41) is 17.2. The monoisotopic (exact) mass is 557 g/mol. The van der Waals surface area contributed by atoms with Gasteiger partial charge in [0.25, 0.3) is 5.91 Å². The van der Waals surface area contributed by atoms with E-state index in [4.69, 9.17) is 4.42 Å². The predicted molar refractivity (Wildman–Crippen MR) is 150 cm³/mol. The Bertz CT molecular complexity index is 1370. The van der Waals surface area contributed by atoms with Crippen molar-refractivity contribution < 1.29 is 23.1 Å². The zero-order valence-electron chi connectivity index (χ0n) is 22.0. The summed E-state index contributed by atoms with van der Waals surface area (Å²) in [5.41, 5.74) is 3.86. The molecule has 4 rings (SSSR count). The number of amides is 1. The van der Waals surface area contributed by atoms with Gasteiger partial charge in [-0.3, -0.25) is 4.79 Å². The fourth-order valence-corrected chi connectivity index (χ4v) is 4.48. The molecule has 3 N–H and O–H groups in total. The van der Waals surface area contributed by atoms with Gasteiger partial charge >= 0.3 is 0 Å². The van der Waals surface area contributed by atoms with Crippen LogP contribution in [0.1, 0.15) is 53.2 Å². The predicted octanol–water partition coefficient (Wildman–Crippen LogP) is 5.53. The molecule has 3 aromatic carbocycles. The van der Waals surface area contributed by atoms with Gasteiger partial charge in [-0.05, 0) is 60.2 Å². The molecule has 6 nitrogen and oxygen atoms in total. The highest BCUT2D eigenvalue weighted by atomic mass is 35.5. The lowest BCUT2D eigenvalue weighted by Gasteiger charge is -2.25. The fraction of sp³-hybridized carbons (Fsp3) is 0.333. The number of fused-ring (bicyclic) bond motifs is 1. The number of carbonyl (C=O) groups is 1. The number of halogens is 3. The molecular weight excluding hydrogens is 524 g/mol. The smallest absolute Gasteiger partial charge is 0.253 e. The minimum absolute atomic E-state index is 0. The number of aliphatic hydroxyl groups is 1. The summed E-state index contributed by atoms with van der Waals surface area (Å²) in [6, 6.07) is 15.6. The van der Waals surface area contributed by atoms with Crippen molar-refractivity contribution in [3.63, 3.8) is 0 Å². The first-order valence-electron chi connectivity index (χ1n) is 13.0. The van der Waals surface area contributed by atoms with Crippen LogP contribution in [0, 0.1) is 11.6 Å². The first-order valence-corrected chi connectivity index (χ1v) is 13.0. The van der Waals surface area contributed by atoms with Crippen molar-refractivity contribution in [1.29, 1.82) is 0 Å². The van der Waals surface area contributed by atoms with Gasteiger partial charge in [-0.1, -0.05) is 44.2 Å². The van der Waals surface area contributed by atoms with Crippen molar-refractivity contribution in [3.8, 4) is 0 Å². The average Bonchev–Trinajstić information content (AvgIpc) is 3.30. The molecule has 1 aromatic heterocycles. The Morgan fingerprint density at radius 3 is 2.44 bits per heavy atom. The fourth-order valence-electron chi connectivity index (χ4n) is 4.48. The zero-order valence-corrected chi connectivity index (χ0v) is 22.9. The summed E-state index contributed by atoms with van der Waals surface area (Å²) in [4.78, 5) is 17.8. The molecule has 0 aliphatic rings. The van der Waals surface area contributed by atoms with E-state index in [9.17, 15) is 18.7 Å². The van der Waals surface area contributed by atoms with Gasteiger partial charge in [0.1, 0.15) is 17.2 Å². The van der Waals surface area contributed by atoms with Gasteiger partial charge in [0.2, 0.25) is 0 Å². The topological polar surface area (TPSA) is 87.4 Å². The third kappa shape index (κ3) is 8.08. The SMILES string of the molecule is CCCc1nc2c(C(=O)N[C@@H](Cc3cc(F)cc(F)c3)[C@@H](O)CNCc3cccc(CC)c3)cccc2o1.Cl. The normalized spacial score (nSPS) is 12.6. The largest absolute Gasteiger partial charge is 0.441 e. The second-order valence-electron chi connectivity index (χ2n) is 9.44.